The summed E-state index contributed by atoms with van der Waals surface area (Å²) in [6, 6.07) is 14.0. The van der Waals surface area contributed by atoms with Gasteiger partial charge in [0, 0.05) is 0 Å². The Bertz CT molecular complexity index is 926. The minimum atomic E-state index is -3.66. The van der Waals surface area contributed by atoms with Gasteiger partial charge in [0.05, 0.1) is 23.2 Å². The molecule has 0 unspecified atom stereocenters. The Labute approximate surface area is 147 Å². The zero-order chi connectivity index (χ0) is 18.6. The Morgan fingerprint density at radius 2 is 1.72 bits per heavy atom. The Morgan fingerprint density at radius 3 is 2.28 bits per heavy atom. The molecule has 0 atom stereocenters. The number of anilines is 2. The average molecular weight is 357 g/mol. The molecule has 25 heavy (non-hydrogen) atoms. The number of rotatable bonds is 5. The van der Waals surface area contributed by atoms with E-state index in [0.29, 0.717) is 16.9 Å². The molecule has 1 N–H and O–H groups in total. The van der Waals surface area contributed by atoms with Crippen molar-refractivity contribution in [2.45, 2.75) is 13.8 Å². The van der Waals surface area contributed by atoms with Crippen LogP contribution < -0.4 is 9.62 Å². The van der Waals surface area contributed by atoms with Crippen LogP contribution in [-0.4, -0.2) is 27.1 Å². The summed E-state index contributed by atoms with van der Waals surface area (Å²) in [5, 5.41) is 11.7. The largest absolute Gasteiger partial charge is 0.323 e. The number of hydrogen-bond acceptors (Lipinski definition) is 4. The molecule has 0 saturated heterocycles. The molecule has 0 saturated carbocycles. The number of nitrogens with one attached hydrogen (secondary N) is 1. The summed E-state index contributed by atoms with van der Waals surface area (Å²) in [7, 11) is -3.66. The molecule has 0 heterocycles. The normalized spacial score (nSPS) is 10.8. The van der Waals surface area contributed by atoms with Gasteiger partial charge in [-0.05, 0) is 37.1 Å². The second-order valence-corrected chi connectivity index (χ2v) is 7.62. The van der Waals surface area contributed by atoms with Crippen LogP contribution in [0.3, 0.4) is 0 Å². The van der Waals surface area contributed by atoms with Crippen molar-refractivity contribution in [3.05, 3.63) is 59.2 Å². The van der Waals surface area contributed by atoms with E-state index >= 15 is 0 Å². The lowest BCUT2D eigenvalue weighted by Crippen LogP contribution is -2.38. The van der Waals surface area contributed by atoms with Crippen molar-refractivity contribution in [3.63, 3.8) is 0 Å². The molecule has 0 fully saturated rings. The van der Waals surface area contributed by atoms with Crippen LogP contribution in [0.1, 0.15) is 16.7 Å². The second-order valence-electron chi connectivity index (χ2n) is 5.72. The molecule has 0 aliphatic rings. The molecule has 2 aromatic rings. The van der Waals surface area contributed by atoms with Crippen LogP contribution in [0.15, 0.2) is 42.5 Å². The molecular formula is C18H19N3O3S. The van der Waals surface area contributed by atoms with Gasteiger partial charge in [-0.25, -0.2) is 8.42 Å². The van der Waals surface area contributed by atoms with Gasteiger partial charge in [-0.1, -0.05) is 30.3 Å². The fourth-order valence-electron chi connectivity index (χ4n) is 2.57. The summed E-state index contributed by atoms with van der Waals surface area (Å²) in [4.78, 5) is 12.4. The summed E-state index contributed by atoms with van der Waals surface area (Å²) in [5.74, 6) is -0.518. The number of hydrogen-bond donors (Lipinski definition) is 1. The lowest BCUT2D eigenvalue weighted by atomic mass is 10.1. The smallest absolute Gasteiger partial charge is 0.245 e. The van der Waals surface area contributed by atoms with E-state index in [1.54, 1.807) is 50.2 Å². The molecule has 6 nitrogen and oxygen atoms in total. The zero-order valence-corrected chi connectivity index (χ0v) is 15.1. The maximum absolute atomic E-state index is 12.4. The van der Waals surface area contributed by atoms with E-state index in [9.17, 15) is 13.2 Å². The Balaban J connectivity index is 2.33. The number of aryl methyl sites for hydroxylation is 2. The number of amides is 1. The number of sulfonamides is 1. The lowest BCUT2D eigenvalue weighted by molar-refractivity contribution is -0.114. The second kappa shape index (κ2) is 7.36. The maximum atomic E-state index is 12.4. The first-order chi connectivity index (χ1) is 11.7. The molecule has 7 heteroatoms. The molecule has 2 rings (SSSR count). The standard InChI is InChI=1S/C18H19N3O3S/c1-13-7-6-8-14(2)18(13)21(25(3,23)24)12-17(22)20-16-10-5-4-9-15(16)11-19/h4-10H,12H2,1-3H3,(H,20,22). The summed E-state index contributed by atoms with van der Waals surface area (Å²) >= 11 is 0. The highest BCUT2D eigenvalue weighted by Crippen LogP contribution is 2.26. The number of carbonyl (C=O) groups is 1. The average Bonchev–Trinajstić information content (AvgIpc) is 2.53. The van der Waals surface area contributed by atoms with Crippen LogP contribution in [0.25, 0.3) is 0 Å². The van der Waals surface area contributed by atoms with Gasteiger partial charge >= 0.3 is 0 Å². The van der Waals surface area contributed by atoms with Crippen molar-refractivity contribution in [1.82, 2.24) is 0 Å². The lowest BCUT2D eigenvalue weighted by Gasteiger charge is -2.25. The van der Waals surface area contributed by atoms with Crippen molar-refractivity contribution < 1.29 is 13.2 Å². The number of carbonyl (C=O) groups excluding carboxylic acids is 1. The minimum Gasteiger partial charge on any atom is -0.323 e. The molecule has 0 radical (unpaired) electrons. The molecule has 0 aliphatic carbocycles. The van der Waals surface area contributed by atoms with Crippen LogP contribution >= 0.6 is 0 Å². The van der Waals surface area contributed by atoms with Crippen molar-refractivity contribution >= 4 is 27.3 Å². The first kappa shape index (κ1) is 18.5. The van der Waals surface area contributed by atoms with Gasteiger partial charge in [0.15, 0.2) is 0 Å². The predicted molar refractivity (Wildman–Crippen MR) is 97.9 cm³/mol. The Hall–Kier alpha value is -2.85. The number of nitrogens with zero attached hydrogens (tertiary/aromatic N) is 2. The minimum absolute atomic E-state index is 0.314. The van der Waals surface area contributed by atoms with E-state index in [0.717, 1.165) is 21.7 Å². The number of benzene rings is 2. The Kier molecular flexibility index (Phi) is 5.45. The highest BCUT2D eigenvalue weighted by Gasteiger charge is 2.24. The van der Waals surface area contributed by atoms with Crippen LogP contribution in [0, 0.1) is 25.2 Å². The first-order valence-electron chi connectivity index (χ1n) is 7.57. The third kappa shape index (κ3) is 4.37. The van der Waals surface area contributed by atoms with E-state index in [1.165, 1.54) is 0 Å². The summed E-state index contributed by atoms with van der Waals surface area (Å²) in [6.45, 7) is 3.22. The van der Waals surface area contributed by atoms with Crippen molar-refractivity contribution in [3.8, 4) is 6.07 Å². The summed E-state index contributed by atoms with van der Waals surface area (Å²) in [6.07, 6.45) is 1.06. The van der Waals surface area contributed by atoms with Gasteiger partial charge in [0.25, 0.3) is 0 Å². The van der Waals surface area contributed by atoms with Gasteiger partial charge < -0.3 is 5.32 Å². The van der Waals surface area contributed by atoms with Gasteiger partial charge in [0.1, 0.15) is 12.6 Å². The van der Waals surface area contributed by atoms with Crippen LogP contribution in [0.5, 0.6) is 0 Å². The number of para-hydroxylation sites is 2. The summed E-state index contributed by atoms with van der Waals surface area (Å²) in [5.41, 5.74) is 2.68. The van der Waals surface area contributed by atoms with Gasteiger partial charge in [-0.3, -0.25) is 9.10 Å². The first-order valence-corrected chi connectivity index (χ1v) is 9.41. The molecule has 1 amide bonds. The fourth-order valence-corrected chi connectivity index (χ4v) is 3.54. The van der Waals surface area contributed by atoms with Crippen LogP contribution in [0.4, 0.5) is 11.4 Å². The summed E-state index contributed by atoms with van der Waals surface area (Å²) < 4.78 is 25.6. The monoisotopic (exact) mass is 357 g/mol. The predicted octanol–water partition coefficient (Wildman–Crippen LogP) is 2.58. The number of nitriles is 1. The van der Waals surface area contributed by atoms with Gasteiger partial charge in [-0.15, -0.1) is 0 Å². The molecule has 130 valence electrons. The van der Waals surface area contributed by atoms with E-state index < -0.39 is 15.9 Å². The third-order valence-corrected chi connectivity index (χ3v) is 4.81. The van der Waals surface area contributed by atoms with E-state index in [2.05, 4.69) is 5.32 Å². The quantitative estimate of drug-likeness (QED) is 0.890. The molecule has 0 aromatic heterocycles. The van der Waals surface area contributed by atoms with Gasteiger partial charge in [-0.2, -0.15) is 5.26 Å². The highest BCUT2D eigenvalue weighted by atomic mass is 32.2. The topological polar surface area (TPSA) is 90.3 Å². The van der Waals surface area contributed by atoms with Crippen molar-refractivity contribution in [2.75, 3.05) is 22.4 Å². The SMILES string of the molecule is Cc1cccc(C)c1N(CC(=O)Nc1ccccc1C#N)S(C)(=O)=O. The zero-order valence-electron chi connectivity index (χ0n) is 14.3. The molecule has 2 aromatic carbocycles. The van der Waals surface area contributed by atoms with E-state index in [1.807, 2.05) is 12.1 Å². The van der Waals surface area contributed by atoms with E-state index in [-0.39, 0.29) is 6.54 Å². The maximum Gasteiger partial charge on any atom is 0.245 e. The fraction of sp³-hybridized carbons (Fsp3) is 0.222. The highest BCUT2D eigenvalue weighted by molar-refractivity contribution is 7.92. The van der Waals surface area contributed by atoms with Crippen molar-refractivity contribution in [2.24, 2.45) is 0 Å². The molecular weight excluding hydrogens is 338 g/mol. The Morgan fingerprint density at radius 1 is 1.12 bits per heavy atom. The third-order valence-electron chi connectivity index (χ3n) is 3.70. The van der Waals surface area contributed by atoms with Crippen LogP contribution in [-0.2, 0) is 14.8 Å². The molecule has 0 aliphatic heterocycles. The van der Waals surface area contributed by atoms with Gasteiger partial charge in [0.2, 0.25) is 15.9 Å². The molecule has 0 spiro atoms. The van der Waals surface area contributed by atoms with Crippen LogP contribution in [0.2, 0.25) is 0 Å². The molecule has 0 bridgehead atoms. The van der Waals surface area contributed by atoms with E-state index in [4.69, 9.17) is 5.26 Å². The van der Waals surface area contributed by atoms with Crippen molar-refractivity contribution in [1.29, 1.82) is 5.26 Å².